The predicted molar refractivity (Wildman–Crippen MR) is 90.3 cm³/mol. The molecule has 3 rings (SSSR count). The van der Waals surface area contributed by atoms with Crippen LogP contribution in [0.4, 0.5) is 4.79 Å². The SMILES string of the molecule is CC(C)(C)OC(=O)N1CCCC(C2C(O)=Cc3ccccc32)C1. The van der Waals surface area contributed by atoms with Crippen molar-refractivity contribution in [3.05, 3.63) is 41.2 Å². The highest BCUT2D eigenvalue weighted by molar-refractivity contribution is 5.69. The lowest BCUT2D eigenvalue weighted by atomic mass is 9.81. The van der Waals surface area contributed by atoms with E-state index in [1.54, 1.807) is 4.90 Å². The molecule has 1 aliphatic carbocycles. The fraction of sp³-hybridized carbons (Fsp3) is 0.526. The molecule has 2 unspecified atom stereocenters. The monoisotopic (exact) mass is 315 g/mol. The first kappa shape index (κ1) is 15.9. The van der Waals surface area contributed by atoms with E-state index < -0.39 is 5.60 Å². The van der Waals surface area contributed by atoms with Crippen molar-refractivity contribution >= 4 is 12.2 Å². The van der Waals surface area contributed by atoms with Gasteiger partial charge >= 0.3 is 6.09 Å². The Morgan fingerprint density at radius 3 is 2.78 bits per heavy atom. The molecule has 124 valence electrons. The molecule has 1 amide bonds. The zero-order valence-corrected chi connectivity index (χ0v) is 14.1. The zero-order chi connectivity index (χ0) is 16.6. The molecular weight excluding hydrogens is 290 g/mol. The van der Waals surface area contributed by atoms with E-state index in [1.807, 2.05) is 45.0 Å². The van der Waals surface area contributed by atoms with Crippen LogP contribution < -0.4 is 0 Å². The minimum absolute atomic E-state index is 0.00330. The number of benzene rings is 1. The first-order valence-electron chi connectivity index (χ1n) is 8.32. The van der Waals surface area contributed by atoms with Crippen molar-refractivity contribution in [2.45, 2.75) is 45.1 Å². The minimum atomic E-state index is -0.480. The summed E-state index contributed by atoms with van der Waals surface area (Å²) in [7, 11) is 0. The van der Waals surface area contributed by atoms with Gasteiger partial charge in [0.1, 0.15) is 11.4 Å². The minimum Gasteiger partial charge on any atom is -0.512 e. The number of likely N-dealkylation sites (tertiary alicyclic amines) is 1. The molecule has 0 spiro atoms. The van der Waals surface area contributed by atoms with Crippen molar-refractivity contribution in [1.82, 2.24) is 4.90 Å². The van der Waals surface area contributed by atoms with Gasteiger partial charge < -0.3 is 14.7 Å². The molecule has 0 saturated carbocycles. The highest BCUT2D eigenvalue weighted by Crippen LogP contribution is 2.43. The molecule has 0 aromatic heterocycles. The number of hydrogen-bond acceptors (Lipinski definition) is 3. The van der Waals surface area contributed by atoms with Gasteiger partial charge in [-0.2, -0.15) is 0 Å². The van der Waals surface area contributed by atoms with E-state index in [1.165, 1.54) is 5.56 Å². The maximum absolute atomic E-state index is 12.3. The fourth-order valence-corrected chi connectivity index (χ4v) is 3.60. The number of hydrogen-bond donors (Lipinski definition) is 1. The maximum atomic E-state index is 12.3. The Kier molecular flexibility index (Phi) is 4.09. The van der Waals surface area contributed by atoms with Crippen LogP contribution in [0.3, 0.4) is 0 Å². The van der Waals surface area contributed by atoms with Gasteiger partial charge in [-0.15, -0.1) is 0 Å². The fourth-order valence-electron chi connectivity index (χ4n) is 3.60. The Labute approximate surface area is 137 Å². The topological polar surface area (TPSA) is 49.8 Å². The third-order valence-electron chi connectivity index (χ3n) is 4.53. The average Bonchev–Trinajstić information content (AvgIpc) is 2.81. The van der Waals surface area contributed by atoms with Gasteiger partial charge in [0, 0.05) is 19.0 Å². The Hall–Kier alpha value is -1.97. The largest absolute Gasteiger partial charge is 0.512 e. The van der Waals surface area contributed by atoms with Crippen molar-refractivity contribution in [1.29, 1.82) is 0 Å². The van der Waals surface area contributed by atoms with Crippen LogP contribution in [0, 0.1) is 5.92 Å². The second kappa shape index (κ2) is 5.91. The zero-order valence-electron chi connectivity index (χ0n) is 14.1. The van der Waals surface area contributed by atoms with Crippen LogP contribution in [0.25, 0.3) is 6.08 Å². The van der Waals surface area contributed by atoms with Crippen molar-refractivity contribution < 1.29 is 14.6 Å². The molecule has 23 heavy (non-hydrogen) atoms. The summed E-state index contributed by atoms with van der Waals surface area (Å²) in [5.74, 6) is 0.648. The summed E-state index contributed by atoms with van der Waals surface area (Å²) in [6.07, 6.45) is 3.55. The van der Waals surface area contributed by atoms with Gasteiger partial charge in [-0.25, -0.2) is 4.79 Å². The molecule has 1 aliphatic heterocycles. The number of aliphatic hydroxyl groups is 1. The number of carbonyl (C=O) groups is 1. The molecule has 0 radical (unpaired) electrons. The van der Waals surface area contributed by atoms with Crippen LogP contribution in [0.2, 0.25) is 0 Å². The lowest BCUT2D eigenvalue weighted by Gasteiger charge is -2.36. The standard InChI is InChI=1S/C19H25NO3/c1-19(2,3)23-18(22)20-10-6-8-14(12-20)17-15-9-5-4-7-13(15)11-16(17)21/h4-5,7,9,11,14,17,21H,6,8,10,12H2,1-3H3. The summed E-state index contributed by atoms with van der Waals surface area (Å²) >= 11 is 0. The second-order valence-corrected chi connectivity index (χ2v) is 7.50. The van der Waals surface area contributed by atoms with Crippen LogP contribution in [-0.4, -0.2) is 34.8 Å². The molecule has 1 heterocycles. The smallest absolute Gasteiger partial charge is 0.410 e. The third-order valence-corrected chi connectivity index (χ3v) is 4.53. The molecule has 4 nitrogen and oxygen atoms in total. The molecule has 2 atom stereocenters. The quantitative estimate of drug-likeness (QED) is 0.839. The van der Waals surface area contributed by atoms with Crippen LogP contribution in [-0.2, 0) is 4.74 Å². The highest BCUT2D eigenvalue weighted by Gasteiger charge is 2.37. The van der Waals surface area contributed by atoms with E-state index in [0.717, 1.165) is 24.9 Å². The molecule has 1 N–H and O–H groups in total. The van der Waals surface area contributed by atoms with Crippen LogP contribution in [0.5, 0.6) is 0 Å². The van der Waals surface area contributed by atoms with Crippen molar-refractivity contribution in [2.75, 3.05) is 13.1 Å². The summed E-state index contributed by atoms with van der Waals surface area (Å²) in [6, 6.07) is 8.09. The van der Waals surface area contributed by atoms with Gasteiger partial charge in [-0.05, 0) is 56.7 Å². The summed E-state index contributed by atoms with van der Waals surface area (Å²) in [5.41, 5.74) is 1.77. The van der Waals surface area contributed by atoms with Crippen molar-refractivity contribution in [3.63, 3.8) is 0 Å². The lowest BCUT2D eigenvalue weighted by Crippen LogP contribution is -2.44. The van der Waals surface area contributed by atoms with E-state index in [4.69, 9.17) is 4.74 Å². The van der Waals surface area contributed by atoms with E-state index in [2.05, 4.69) is 6.07 Å². The van der Waals surface area contributed by atoms with E-state index >= 15 is 0 Å². The molecule has 1 saturated heterocycles. The number of piperidine rings is 1. The average molecular weight is 315 g/mol. The van der Waals surface area contributed by atoms with E-state index in [-0.39, 0.29) is 17.9 Å². The molecule has 1 aromatic rings. The molecule has 2 aliphatic rings. The number of amides is 1. The van der Waals surface area contributed by atoms with Gasteiger partial charge in [0.2, 0.25) is 0 Å². The molecular formula is C19H25NO3. The second-order valence-electron chi connectivity index (χ2n) is 7.50. The summed E-state index contributed by atoms with van der Waals surface area (Å²) < 4.78 is 5.49. The molecule has 1 aromatic carbocycles. The highest BCUT2D eigenvalue weighted by atomic mass is 16.6. The van der Waals surface area contributed by atoms with Crippen molar-refractivity contribution in [3.8, 4) is 0 Å². The van der Waals surface area contributed by atoms with Gasteiger partial charge in [0.25, 0.3) is 0 Å². The van der Waals surface area contributed by atoms with Gasteiger partial charge in [0.05, 0.1) is 0 Å². The number of rotatable bonds is 1. The van der Waals surface area contributed by atoms with E-state index in [0.29, 0.717) is 12.3 Å². The number of fused-ring (bicyclic) bond motifs is 1. The Morgan fingerprint density at radius 2 is 2.04 bits per heavy atom. The number of carbonyl (C=O) groups excluding carboxylic acids is 1. The van der Waals surface area contributed by atoms with Gasteiger partial charge in [-0.1, -0.05) is 24.3 Å². The summed E-state index contributed by atoms with van der Waals surface area (Å²) in [6.45, 7) is 7.01. The summed E-state index contributed by atoms with van der Waals surface area (Å²) in [5, 5.41) is 10.4. The summed E-state index contributed by atoms with van der Waals surface area (Å²) in [4.78, 5) is 14.1. The Morgan fingerprint density at radius 1 is 1.30 bits per heavy atom. The molecule has 4 heteroatoms. The molecule has 0 bridgehead atoms. The van der Waals surface area contributed by atoms with E-state index in [9.17, 15) is 9.90 Å². The van der Waals surface area contributed by atoms with Gasteiger partial charge in [-0.3, -0.25) is 0 Å². The number of allylic oxidation sites excluding steroid dienone is 1. The maximum Gasteiger partial charge on any atom is 0.410 e. The van der Waals surface area contributed by atoms with Crippen LogP contribution in [0.15, 0.2) is 30.0 Å². The van der Waals surface area contributed by atoms with Crippen LogP contribution in [0.1, 0.15) is 50.7 Å². The predicted octanol–water partition coefficient (Wildman–Crippen LogP) is 4.33. The van der Waals surface area contributed by atoms with Crippen molar-refractivity contribution in [2.24, 2.45) is 5.92 Å². The lowest BCUT2D eigenvalue weighted by molar-refractivity contribution is 0.0150. The first-order valence-corrected chi connectivity index (χ1v) is 8.32. The third kappa shape index (κ3) is 3.36. The number of ether oxygens (including phenoxy) is 1. The molecule has 1 fully saturated rings. The normalized spacial score (nSPS) is 24.1. The van der Waals surface area contributed by atoms with Gasteiger partial charge in [0.15, 0.2) is 0 Å². The Bertz CT molecular complexity index is 630. The number of aliphatic hydroxyl groups excluding tert-OH is 1. The number of nitrogens with zero attached hydrogens (tertiary/aromatic N) is 1. The Balaban J connectivity index is 1.75. The first-order chi connectivity index (χ1) is 10.8. The van der Waals surface area contributed by atoms with Crippen LogP contribution >= 0.6 is 0 Å².